The lowest BCUT2D eigenvalue weighted by molar-refractivity contribution is -0.147. The molecule has 0 bridgehead atoms. The lowest BCUT2D eigenvalue weighted by atomic mass is 9.77. The van der Waals surface area contributed by atoms with E-state index in [0.29, 0.717) is 24.0 Å². The van der Waals surface area contributed by atoms with Crippen LogP contribution >= 0.6 is 0 Å². The van der Waals surface area contributed by atoms with Gasteiger partial charge in [-0.2, -0.15) is 5.26 Å². The molecular weight excluding hydrogens is 385 g/mol. The molecule has 6 heteroatoms. The molecule has 0 amide bonds. The Hall–Kier alpha value is -2.26. The van der Waals surface area contributed by atoms with Gasteiger partial charge in [0.25, 0.3) is 0 Å². The van der Waals surface area contributed by atoms with Crippen LogP contribution in [0, 0.1) is 23.1 Å². The van der Waals surface area contributed by atoms with Crippen molar-refractivity contribution in [1.82, 2.24) is 0 Å². The molecular formula is C24H32FNO4. The quantitative estimate of drug-likeness (QED) is 0.450. The Morgan fingerprint density at radius 2 is 1.97 bits per heavy atom. The first-order valence-electron chi connectivity index (χ1n) is 10.7. The number of esters is 1. The van der Waals surface area contributed by atoms with Crippen molar-refractivity contribution < 1.29 is 23.8 Å². The van der Waals surface area contributed by atoms with Crippen LogP contribution in [0.15, 0.2) is 18.2 Å². The van der Waals surface area contributed by atoms with E-state index in [-0.39, 0.29) is 31.1 Å². The molecule has 0 saturated heterocycles. The average Bonchev–Trinajstić information content (AvgIpc) is 3.22. The van der Waals surface area contributed by atoms with E-state index in [0.717, 1.165) is 25.7 Å². The molecule has 30 heavy (non-hydrogen) atoms. The second kappa shape index (κ2) is 10.2. The zero-order chi connectivity index (χ0) is 22.4. The molecule has 0 heterocycles. The second-order valence-electron chi connectivity index (χ2n) is 8.83. The number of rotatable bonds is 10. The first kappa shape index (κ1) is 24.0. The van der Waals surface area contributed by atoms with Crippen molar-refractivity contribution in [3.63, 3.8) is 0 Å². The normalized spacial score (nSPS) is 16.7. The van der Waals surface area contributed by atoms with Gasteiger partial charge in [-0.25, -0.2) is 4.39 Å². The monoisotopic (exact) mass is 417 g/mol. The fourth-order valence-electron chi connectivity index (χ4n) is 4.32. The number of hydrogen-bond donors (Lipinski definition) is 1. The molecule has 0 radical (unpaired) electrons. The number of Topliss-reactive ketones (excluding diaryl/α,β-unsaturated/α-hetero) is 1. The van der Waals surface area contributed by atoms with Crippen molar-refractivity contribution in [2.75, 3.05) is 6.61 Å². The van der Waals surface area contributed by atoms with E-state index >= 15 is 0 Å². The van der Waals surface area contributed by atoms with Crippen molar-refractivity contribution >= 4 is 11.8 Å². The first-order chi connectivity index (χ1) is 14.1. The zero-order valence-electron chi connectivity index (χ0n) is 18.2. The van der Waals surface area contributed by atoms with Crippen LogP contribution in [-0.2, 0) is 26.2 Å². The van der Waals surface area contributed by atoms with Gasteiger partial charge in [0.2, 0.25) is 0 Å². The van der Waals surface area contributed by atoms with Crippen LogP contribution in [0.25, 0.3) is 0 Å². The van der Waals surface area contributed by atoms with Crippen molar-refractivity contribution in [3.05, 3.63) is 35.1 Å². The summed E-state index contributed by atoms with van der Waals surface area (Å²) in [5.74, 6) is -1.36. The number of aryl methyl sites for hydroxylation is 1. The third-order valence-electron chi connectivity index (χ3n) is 6.10. The predicted octanol–water partition coefficient (Wildman–Crippen LogP) is 4.39. The Morgan fingerprint density at radius 1 is 1.30 bits per heavy atom. The summed E-state index contributed by atoms with van der Waals surface area (Å²) in [6, 6.07) is 6.90. The number of nitriles is 1. The molecule has 1 aromatic rings. The van der Waals surface area contributed by atoms with Crippen LogP contribution in [0.2, 0.25) is 0 Å². The van der Waals surface area contributed by atoms with Crippen LogP contribution in [0.3, 0.4) is 0 Å². The summed E-state index contributed by atoms with van der Waals surface area (Å²) in [5, 5.41) is 20.6. The van der Waals surface area contributed by atoms with E-state index in [1.165, 1.54) is 6.07 Å². The summed E-state index contributed by atoms with van der Waals surface area (Å²) in [5.41, 5.74) is -1.10. The molecule has 1 atom stereocenters. The second-order valence-corrected chi connectivity index (χ2v) is 8.83. The Bertz CT molecular complexity index is 808. The molecule has 0 unspecified atom stereocenters. The van der Waals surface area contributed by atoms with Gasteiger partial charge >= 0.3 is 5.97 Å². The van der Waals surface area contributed by atoms with E-state index in [1.54, 1.807) is 32.9 Å². The lowest BCUT2D eigenvalue weighted by Gasteiger charge is -2.34. The largest absolute Gasteiger partial charge is 0.466 e. The van der Waals surface area contributed by atoms with Crippen LogP contribution < -0.4 is 0 Å². The maximum atomic E-state index is 14.6. The van der Waals surface area contributed by atoms with Crippen molar-refractivity contribution in [2.24, 2.45) is 5.92 Å². The number of hydrogen-bond acceptors (Lipinski definition) is 5. The number of nitrogens with zero attached hydrogens (tertiary/aromatic N) is 1. The van der Waals surface area contributed by atoms with Gasteiger partial charge in [0.1, 0.15) is 18.0 Å². The van der Waals surface area contributed by atoms with Crippen LogP contribution in [0.5, 0.6) is 0 Å². The zero-order valence-corrected chi connectivity index (χ0v) is 18.2. The minimum Gasteiger partial charge on any atom is -0.466 e. The molecule has 1 aliphatic rings. The standard InChI is InChI=1S/C24H32FNO4/c1-4-30-22(28)14-19(27)15-24(29,18-7-5-6-8-18)12-11-17-9-10-20(21(25)13-17)23(2,3)16-26/h9-10,13,18,29H,4-8,11-12,14-15H2,1-3H3/t24-/m1/s1. The highest BCUT2D eigenvalue weighted by molar-refractivity contribution is 5.96. The Morgan fingerprint density at radius 3 is 2.53 bits per heavy atom. The fourth-order valence-corrected chi connectivity index (χ4v) is 4.32. The minimum atomic E-state index is -1.22. The molecule has 5 nitrogen and oxygen atoms in total. The minimum absolute atomic E-state index is 0.00899. The average molecular weight is 418 g/mol. The summed E-state index contributed by atoms with van der Waals surface area (Å²) >= 11 is 0. The molecule has 1 aromatic carbocycles. The molecule has 1 aliphatic carbocycles. The number of halogens is 1. The van der Waals surface area contributed by atoms with E-state index in [2.05, 4.69) is 6.07 Å². The van der Waals surface area contributed by atoms with Gasteiger partial charge in [0, 0.05) is 12.0 Å². The van der Waals surface area contributed by atoms with Gasteiger partial charge in [-0.1, -0.05) is 25.0 Å². The summed E-state index contributed by atoms with van der Waals surface area (Å²) in [4.78, 5) is 24.0. The van der Waals surface area contributed by atoms with Crippen molar-refractivity contribution in [2.45, 2.75) is 83.2 Å². The van der Waals surface area contributed by atoms with Gasteiger partial charge in [-0.15, -0.1) is 0 Å². The number of benzene rings is 1. The van der Waals surface area contributed by atoms with Gasteiger partial charge in [0.15, 0.2) is 0 Å². The summed E-state index contributed by atoms with van der Waals surface area (Å²) in [7, 11) is 0. The van der Waals surface area contributed by atoms with E-state index < -0.39 is 22.8 Å². The molecule has 0 aliphatic heterocycles. The number of ketones is 1. The highest BCUT2D eigenvalue weighted by atomic mass is 19.1. The van der Waals surface area contributed by atoms with Gasteiger partial charge in [-0.3, -0.25) is 9.59 Å². The Kier molecular flexibility index (Phi) is 8.14. The van der Waals surface area contributed by atoms with E-state index in [4.69, 9.17) is 4.74 Å². The molecule has 1 saturated carbocycles. The Labute approximate surface area is 178 Å². The number of ether oxygens (including phenoxy) is 1. The molecule has 0 aromatic heterocycles. The molecule has 164 valence electrons. The summed E-state index contributed by atoms with van der Waals surface area (Å²) in [6.07, 6.45) is 3.97. The highest BCUT2D eigenvalue weighted by Gasteiger charge is 2.40. The van der Waals surface area contributed by atoms with E-state index in [9.17, 15) is 24.3 Å². The number of carbonyl (C=O) groups excluding carboxylic acids is 2. The van der Waals surface area contributed by atoms with Crippen LogP contribution in [0.1, 0.15) is 76.8 Å². The third kappa shape index (κ3) is 6.12. The highest BCUT2D eigenvalue weighted by Crippen LogP contribution is 2.39. The van der Waals surface area contributed by atoms with Gasteiger partial charge in [-0.05, 0) is 64.0 Å². The first-order valence-corrected chi connectivity index (χ1v) is 10.7. The van der Waals surface area contributed by atoms with Crippen LogP contribution in [-0.4, -0.2) is 29.1 Å². The Balaban J connectivity index is 2.11. The maximum absolute atomic E-state index is 14.6. The fraction of sp³-hybridized carbons (Fsp3) is 0.625. The van der Waals surface area contributed by atoms with Crippen molar-refractivity contribution in [3.8, 4) is 6.07 Å². The van der Waals surface area contributed by atoms with E-state index in [1.807, 2.05) is 0 Å². The van der Waals surface area contributed by atoms with Gasteiger partial charge < -0.3 is 9.84 Å². The predicted molar refractivity (Wildman–Crippen MR) is 111 cm³/mol. The lowest BCUT2D eigenvalue weighted by Crippen LogP contribution is -2.40. The third-order valence-corrected chi connectivity index (χ3v) is 6.10. The smallest absolute Gasteiger partial charge is 0.313 e. The topological polar surface area (TPSA) is 87.4 Å². The molecule has 2 rings (SSSR count). The number of aliphatic hydroxyl groups is 1. The van der Waals surface area contributed by atoms with Crippen molar-refractivity contribution in [1.29, 1.82) is 5.26 Å². The summed E-state index contributed by atoms with van der Waals surface area (Å²) < 4.78 is 19.4. The summed E-state index contributed by atoms with van der Waals surface area (Å²) in [6.45, 7) is 5.22. The number of carbonyl (C=O) groups is 2. The molecule has 1 N–H and O–H groups in total. The van der Waals surface area contributed by atoms with Crippen LogP contribution in [0.4, 0.5) is 4.39 Å². The molecule has 1 fully saturated rings. The van der Waals surface area contributed by atoms with Gasteiger partial charge in [0.05, 0.1) is 23.7 Å². The maximum Gasteiger partial charge on any atom is 0.313 e. The molecule has 0 spiro atoms. The SMILES string of the molecule is CCOC(=O)CC(=O)C[C@](O)(CCc1ccc(C(C)(C)C#N)c(F)c1)C1CCCC1.